The third kappa shape index (κ3) is 3.47. The molecule has 0 saturated carbocycles. The molecule has 2 rings (SSSR count). The van der Waals surface area contributed by atoms with Gasteiger partial charge in [0.05, 0.1) is 17.2 Å². The van der Waals surface area contributed by atoms with E-state index in [0.717, 1.165) is 12.1 Å². The molecule has 0 amide bonds. The first-order valence-electron chi connectivity index (χ1n) is 6.37. The minimum absolute atomic E-state index is 0.0779. The quantitative estimate of drug-likeness (QED) is 0.829. The molecular weight excluding hydrogens is 288 g/mol. The Bertz CT molecular complexity index is 738. The zero-order valence-corrected chi connectivity index (χ0v) is 11.4. The molecule has 0 radical (unpaired) electrons. The smallest absolute Gasteiger partial charge is 0.150 e. The Balaban J connectivity index is 1.95. The van der Waals surface area contributed by atoms with E-state index < -0.39 is 11.6 Å². The predicted molar refractivity (Wildman–Crippen MR) is 77.0 cm³/mol. The third-order valence-electron chi connectivity index (χ3n) is 2.82. The lowest BCUT2D eigenvalue weighted by molar-refractivity contribution is 0.587. The highest BCUT2D eigenvalue weighted by molar-refractivity contribution is 5.52. The Morgan fingerprint density at radius 2 is 1.73 bits per heavy atom. The van der Waals surface area contributed by atoms with E-state index in [1.54, 1.807) is 18.2 Å². The van der Waals surface area contributed by atoms with Crippen LogP contribution < -0.4 is 10.6 Å². The van der Waals surface area contributed by atoms with Gasteiger partial charge in [0.1, 0.15) is 17.6 Å². The topological polar surface area (TPSA) is 84.5 Å². The molecule has 1 heterocycles. The van der Waals surface area contributed by atoms with Crippen LogP contribution in [-0.2, 0) is 0 Å². The Labute approximate surface area is 125 Å². The third-order valence-corrected chi connectivity index (χ3v) is 2.82. The molecule has 0 aliphatic heterocycles. The standard InChI is InChI=1S/C15H11F2N5/c16-12-6-10(8-18)7-13(17)14(12)20-4-5-22-15-11(9-19)2-1-3-21-15/h1-3,6-7,20H,4-5H2,(H,21,22). The fourth-order valence-corrected chi connectivity index (χ4v) is 1.81. The van der Waals surface area contributed by atoms with Gasteiger partial charge in [0.2, 0.25) is 0 Å². The molecule has 0 aliphatic rings. The molecule has 2 N–H and O–H groups in total. The molecule has 0 bridgehead atoms. The van der Waals surface area contributed by atoms with Crippen molar-refractivity contribution in [3.8, 4) is 12.1 Å². The number of halogens is 2. The number of anilines is 2. The largest absolute Gasteiger partial charge is 0.379 e. The molecule has 1 aromatic carbocycles. The van der Waals surface area contributed by atoms with Crippen LogP contribution in [0.1, 0.15) is 11.1 Å². The molecular formula is C15H11F2N5. The molecule has 0 saturated heterocycles. The fourth-order valence-electron chi connectivity index (χ4n) is 1.81. The first-order valence-corrected chi connectivity index (χ1v) is 6.37. The van der Waals surface area contributed by atoms with E-state index in [4.69, 9.17) is 10.5 Å². The number of nitrogens with zero attached hydrogens (tertiary/aromatic N) is 3. The highest BCUT2D eigenvalue weighted by Gasteiger charge is 2.10. The summed E-state index contributed by atoms with van der Waals surface area (Å²) in [7, 11) is 0. The van der Waals surface area contributed by atoms with Gasteiger partial charge >= 0.3 is 0 Å². The highest BCUT2D eigenvalue weighted by atomic mass is 19.1. The maximum atomic E-state index is 13.6. The van der Waals surface area contributed by atoms with Crippen molar-refractivity contribution in [3.63, 3.8) is 0 Å². The van der Waals surface area contributed by atoms with Crippen molar-refractivity contribution in [2.75, 3.05) is 23.7 Å². The van der Waals surface area contributed by atoms with Crippen LogP contribution in [0.3, 0.4) is 0 Å². The average Bonchev–Trinajstić information content (AvgIpc) is 2.53. The van der Waals surface area contributed by atoms with Gasteiger partial charge in [0, 0.05) is 19.3 Å². The highest BCUT2D eigenvalue weighted by Crippen LogP contribution is 2.20. The van der Waals surface area contributed by atoms with E-state index in [1.807, 2.05) is 6.07 Å². The molecule has 0 atom stereocenters. The summed E-state index contributed by atoms with van der Waals surface area (Å²) in [5, 5.41) is 23.0. The fraction of sp³-hybridized carbons (Fsp3) is 0.133. The van der Waals surface area contributed by atoms with E-state index in [-0.39, 0.29) is 17.8 Å². The maximum absolute atomic E-state index is 13.6. The first kappa shape index (κ1) is 15.2. The van der Waals surface area contributed by atoms with Gasteiger partial charge in [-0.15, -0.1) is 0 Å². The summed E-state index contributed by atoms with van der Waals surface area (Å²) in [4.78, 5) is 4.01. The summed E-state index contributed by atoms with van der Waals surface area (Å²) in [6.07, 6.45) is 1.54. The number of nitriles is 2. The van der Waals surface area contributed by atoms with Gasteiger partial charge in [0.25, 0.3) is 0 Å². The van der Waals surface area contributed by atoms with Gasteiger partial charge < -0.3 is 10.6 Å². The van der Waals surface area contributed by atoms with Gasteiger partial charge in [0.15, 0.2) is 11.6 Å². The summed E-state index contributed by atoms with van der Waals surface area (Å²) < 4.78 is 27.3. The molecule has 0 aliphatic carbocycles. The number of nitrogens with one attached hydrogen (secondary N) is 2. The number of rotatable bonds is 5. The lowest BCUT2D eigenvalue weighted by Crippen LogP contribution is -2.16. The van der Waals surface area contributed by atoms with Crippen molar-refractivity contribution < 1.29 is 8.78 Å². The van der Waals surface area contributed by atoms with Crippen molar-refractivity contribution in [3.05, 3.63) is 53.2 Å². The zero-order valence-electron chi connectivity index (χ0n) is 11.4. The van der Waals surface area contributed by atoms with E-state index >= 15 is 0 Å². The van der Waals surface area contributed by atoms with Crippen molar-refractivity contribution in [2.24, 2.45) is 0 Å². The molecule has 0 unspecified atom stereocenters. The van der Waals surface area contributed by atoms with Crippen LogP contribution in [0.4, 0.5) is 20.3 Å². The second kappa shape index (κ2) is 7.00. The molecule has 22 heavy (non-hydrogen) atoms. The SMILES string of the molecule is N#Cc1cc(F)c(NCCNc2ncccc2C#N)c(F)c1. The Morgan fingerprint density at radius 3 is 2.36 bits per heavy atom. The molecule has 7 heteroatoms. The molecule has 0 fully saturated rings. The number of aromatic nitrogens is 1. The predicted octanol–water partition coefficient (Wildman–Crippen LogP) is 2.63. The van der Waals surface area contributed by atoms with E-state index in [2.05, 4.69) is 15.6 Å². The van der Waals surface area contributed by atoms with Crippen molar-refractivity contribution in [1.29, 1.82) is 10.5 Å². The van der Waals surface area contributed by atoms with Crippen LogP contribution >= 0.6 is 0 Å². The van der Waals surface area contributed by atoms with Crippen LogP contribution in [0.15, 0.2) is 30.5 Å². The minimum Gasteiger partial charge on any atom is -0.379 e. The monoisotopic (exact) mass is 299 g/mol. The van der Waals surface area contributed by atoms with Crippen molar-refractivity contribution in [1.82, 2.24) is 4.98 Å². The molecule has 0 spiro atoms. The summed E-state index contributed by atoms with van der Waals surface area (Å²) in [5.41, 5.74) is 0.0198. The van der Waals surface area contributed by atoms with Gasteiger partial charge in [-0.1, -0.05) is 0 Å². The van der Waals surface area contributed by atoms with Crippen molar-refractivity contribution >= 4 is 11.5 Å². The summed E-state index contributed by atoms with van der Waals surface area (Å²) in [5.74, 6) is -1.24. The second-order valence-corrected chi connectivity index (χ2v) is 4.29. The molecule has 2 aromatic rings. The first-order chi connectivity index (χ1) is 10.7. The van der Waals surface area contributed by atoms with E-state index in [1.165, 1.54) is 6.20 Å². The van der Waals surface area contributed by atoms with E-state index in [0.29, 0.717) is 17.9 Å². The number of benzene rings is 1. The Hall–Kier alpha value is -3.19. The van der Waals surface area contributed by atoms with E-state index in [9.17, 15) is 8.78 Å². The maximum Gasteiger partial charge on any atom is 0.150 e. The van der Waals surface area contributed by atoms with Gasteiger partial charge in [-0.25, -0.2) is 13.8 Å². The van der Waals surface area contributed by atoms with Crippen LogP contribution in [0.5, 0.6) is 0 Å². The average molecular weight is 299 g/mol. The van der Waals surface area contributed by atoms with Gasteiger partial charge in [-0.2, -0.15) is 10.5 Å². The van der Waals surface area contributed by atoms with Gasteiger partial charge in [-0.05, 0) is 24.3 Å². The molecule has 5 nitrogen and oxygen atoms in total. The lowest BCUT2D eigenvalue weighted by Gasteiger charge is -2.10. The summed E-state index contributed by atoms with van der Waals surface area (Å²) >= 11 is 0. The Kier molecular flexibility index (Phi) is 4.84. The minimum atomic E-state index is -0.827. The zero-order chi connectivity index (χ0) is 15.9. The summed E-state index contributed by atoms with van der Waals surface area (Å²) in [6.45, 7) is 0.520. The summed E-state index contributed by atoms with van der Waals surface area (Å²) in [6, 6.07) is 8.85. The van der Waals surface area contributed by atoms with Crippen LogP contribution in [0.2, 0.25) is 0 Å². The number of hydrogen-bond acceptors (Lipinski definition) is 5. The van der Waals surface area contributed by atoms with Crippen molar-refractivity contribution in [2.45, 2.75) is 0 Å². The van der Waals surface area contributed by atoms with Crippen LogP contribution in [-0.4, -0.2) is 18.1 Å². The second-order valence-electron chi connectivity index (χ2n) is 4.29. The number of hydrogen-bond donors (Lipinski definition) is 2. The van der Waals surface area contributed by atoms with Crippen LogP contribution in [0.25, 0.3) is 0 Å². The Morgan fingerprint density at radius 1 is 1.05 bits per heavy atom. The number of pyridine rings is 1. The lowest BCUT2D eigenvalue weighted by atomic mass is 10.2. The van der Waals surface area contributed by atoms with Gasteiger partial charge in [-0.3, -0.25) is 0 Å². The molecule has 110 valence electrons. The van der Waals surface area contributed by atoms with Crippen LogP contribution in [0, 0.1) is 34.3 Å². The normalized spacial score (nSPS) is 9.64. The molecule has 1 aromatic heterocycles.